The number of anilines is 1. The highest BCUT2D eigenvalue weighted by Crippen LogP contribution is 2.26. The number of nitro groups is 1. The molecule has 0 radical (unpaired) electrons. The summed E-state index contributed by atoms with van der Waals surface area (Å²) in [6, 6.07) is 3.91. The summed E-state index contributed by atoms with van der Waals surface area (Å²) < 4.78 is 0. The topological polar surface area (TPSA) is 118 Å². The van der Waals surface area contributed by atoms with E-state index in [0.717, 1.165) is 0 Å². The second-order valence-corrected chi connectivity index (χ2v) is 5.36. The lowest BCUT2D eigenvalue weighted by atomic mass is 10.2. The molecule has 1 aromatic heterocycles. The summed E-state index contributed by atoms with van der Waals surface area (Å²) in [5, 5.41) is 24.4. The van der Waals surface area contributed by atoms with Crippen LogP contribution >= 0.6 is 11.3 Å². The van der Waals surface area contributed by atoms with Crippen molar-refractivity contribution >= 4 is 34.2 Å². The molecule has 22 heavy (non-hydrogen) atoms. The molecule has 0 unspecified atom stereocenters. The number of rotatable bonds is 5. The molecule has 0 aliphatic rings. The van der Waals surface area contributed by atoms with Gasteiger partial charge in [0.05, 0.1) is 21.7 Å². The average Bonchev–Trinajstić information content (AvgIpc) is 2.81. The molecule has 0 spiro atoms. The predicted octanol–water partition coefficient (Wildman–Crippen LogP) is 2.71. The SMILES string of the molecule is CC(=O)c1sc(N/N=C\c2ccc(O)c([N+](=O)[O-])c2)nc1C. The minimum atomic E-state index is -0.677. The Morgan fingerprint density at radius 2 is 2.27 bits per heavy atom. The first-order valence-electron chi connectivity index (χ1n) is 6.13. The molecule has 0 aliphatic carbocycles. The number of nitrogens with one attached hydrogen (secondary N) is 1. The number of carbonyl (C=O) groups excluding carboxylic acids is 1. The molecule has 1 heterocycles. The summed E-state index contributed by atoms with van der Waals surface area (Å²) in [5.74, 6) is -0.474. The van der Waals surface area contributed by atoms with Crippen LogP contribution in [-0.2, 0) is 0 Å². The maximum Gasteiger partial charge on any atom is 0.311 e. The van der Waals surface area contributed by atoms with Crippen molar-refractivity contribution in [3.8, 4) is 5.75 Å². The fourth-order valence-electron chi connectivity index (χ4n) is 1.70. The van der Waals surface area contributed by atoms with Crippen molar-refractivity contribution in [2.75, 3.05) is 5.43 Å². The number of phenols is 1. The van der Waals surface area contributed by atoms with Crippen LogP contribution in [0.3, 0.4) is 0 Å². The van der Waals surface area contributed by atoms with Gasteiger partial charge in [-0.15, -0.1) is 0 Å². The predicted molar refractivity (Wildman–Crippen MR) is 82.8 cm³/mol. The van der Waals surface area contributed by atoms with Crippen LogP contribution in [0.4, 0.5) is 10.8 Å². The molecule has 0 saturated carbocycles. The van der Waals surface area contributed by atoms with Crippen molar-refractivity contribution in [2.24, 2.45) is 5.10 Å². The lowest BCUT2D eigenvalue weighted by molar-refractivity contribution is -0.385. The molecule has 2 N–H and O–H groups in total. The van der Waals surface area contributed by atoms with E-state index in [1.54, 1.807) is 6.92 Å². The van der Waals surface area contributed by atoms with Gasteiger partial charge >= 0.3 is 5.69 Å². The summed E-state index contributed by atoms with van der Waals surface area (Å²) in [6.45, 7) is 3.19. The number of hydrazone groups is 1. The summed E-state index contributed by atoms with van der Waals surface area (Å²) in [5.41, 5.74) is 3.33. The van der Waals surface area contributed by atoms with Crippen LogP contribution in [0.5, 0.6) is 5.75 Å². The molecule has 9 heteroatoms. The quantitative estimate of drug-likeness (QED) is 0.378. The average molecular weight is 320 g/mol. The summed E-state index contributed by atoms with van der Waals surface area (Å²) in [6.07, 6.45) is 1.36. The minimum Gasteiger partial charge on any atom is -0.502 e. The summed E-state index contributed by atoms with van der Waals surface area (Å²) in [7, 11) is 0. The Morgan fingerprint density at radius 1 is 1.55 bits per heavy atom. The fourth-order valence-corrected chi connectivity index (χ4v) is 2.51. The monoisotopic (exact) mass is 320 g/mol. The molecular formula is C13H12N4O4S. The normalized spacial score (nSPS) is 10.8. The standard InChI is InChI=1S/C13H12N4O4S/c1-7-12(8(2)18)22-13(15-7)16-14-6-9-3-4-11(19)10(5-9)17(20)21/h3-6,19H,1-2H3,(H,15,16)/b14-6-. The Hall–Kier alpha value is -2.81. The van der Waals surface area contributed by atoms with Crippen LogP contribution in [0.15, 0.2) is 23.3 Å². The zero-order chi connectivity index (χ0) is 16.3. The number of nitrogens with zero attached hydrogens (tertiary/aromatic N) is 3. The smallest absolute Gasteiger partial charge is 0.311 e. The van der Waals surface area contributed by atoms with Crippen molar-refractivity contribution < 1.29 is 14.8 Å². The number of phenolic OH excluding ortho intramolecular Hbond substituents is 1. The molecule has 2 aromatic rings. The van der Waals surface area contributed by atoms with Crippen molar-refractivity contribution in [1.29, 1.82) is 0 Å². The Morgan fingerprint density at radius 3 is 2.86 bits per heavy atom. The number of Topliss-reactive ketones (excluding diaryl/α,β-unsaturated/α-hetero) is 1. The van der Waals surface area contributed by atoms with Gasteiger partial charge in [-0.05, 0) is 19.1 Å². The first-order chi connectivity index (χ1) is 10.4. The van der Waals surface area contributed by atoms with E-state index in [1.165, 1.54) is 42.7 Å². The fraction of sp³-hybridized carbons (Fsp3) is 0.154. The van der Waals surface area contributed by atoms with Crippen LogP contribution in [0, 0.1) is 17.0 Å². The third kappa shape index (κ3) is 3.44. The molecule has 1 aromatic carbocycles. The van der Waals surface area contributed by atoms with Gasteiger partial charge in [-0.2, -0.15) is 5.10 Å². The minimum absolute atomic E-state index is 0.0683. The van der Waals surface area contributed by atoms with E-state index in [-0.39, 0.29) is 5.78 Å². The number of nitro benzene ring substituents is 1. The molecule has 8 nitrogen and oxygen atoms in total. The number of hydrogen-bond acceptors (Lipinski definition) is 8. The van der Waals surface area contributed by atoms with Gasteiger partial charge in [0, 0.05) is 18.6 Å². The highest BCUT2D eigenvalue weighted by molar-refractivity contribution is 7.17. The molecule has 114 valence electrons. The maximum absolute atomic E-state index is 11.3. The second kappa shape index (κ2) is 6.31. The van der Waals surface area contributed by atoms with Gasteiger partial charge in [-0.25, -0.2) is 4.98 Å². The molecule has 0 saturated heterocycles. The molecule has 0 aliphatic heterocycles. The van der Waals surface area contributed by atoms with Crippen molar-refractivity contribution in [3.05, 3.63) is 44.4 Å². The van der Waals surface area contributed by atoms with E-state index in [0.29, 0.717) is 21.3 Å². The van der Waals surface area contributed by atoms with E-state index in [4.69, 9.17) is 0 Å². The van der Waals surface area contributed by atoms with Gasteiger partial charge in [-0.3, -0.25) is 20.3 Å². The van der Waals surface area contributed by atoms with E-state index < -0.39 is 16.4 Å². The number of aromatic hydroxyl groups is 1. The Labute approximate surface area is 129 Å². The van der Waals surface area contributed by atoms with Gasteiger partial charge in [0.2, 0.25) is 5.13 Å². The second-order valence-electron chi connectivity index (χ2n) is 4.37. The van der Waals surface area contributed by atoms with Crippen LogP contribution in [0.2, 0.25) is 0 Å². The van der Waals surface area contributed by atoms with E-state index in [2.05, 4.69) is 15.5 Å². The number of ketones is 1. The van der Waals surface area contributed by atoms with Crippen molar-refractivity contribution in [1.82, 2.24) is 4.98 Å². The van der Waals surface area contributed by atoms with Gasteiger partial charge in [-0.1, -0.05) is 11.3 Å². The van der Waals surface area contributed by atoms with Crippen LogP contribution in [0.25, 0.3) is 0 Å². The zero-order valence-corrected chi connectivity index (χ0v) is 12.5. The molecule has 0 atom stereocenters. The number of aryl methyl sites for hydroxylation is 1. The largest absolute Gasteiger partial charge is 0.502 e. The molecule has 0 bridgehead atoms. The number of aromatic nitrogens is 1. The van der Waals surface area contributed by atoms with Gasteiger partial charge in [0.25, 0.3) is 0 Å². The summed E-state index contributed by atoms with van der Waals surface area (Å²) in [4.78, 5) is 26.1. The number of benzene rings is 1. The Bertz CT molecular complexity index is 769. The lowest BCUT2D eigenvalue weighted by Crippen LogP contribution is -1.93. The number of hydrogen-bond donors (Lipinski definition) is 2. The first kappa shape index (κ1) is 15.6. The van der Waals surface area contributed by atoms with Crippen LogP contribution < -0.4 is 5.43 Å². The van der Waals surface area contributed by atoms with E-state index >= 15 is 0 Å². The van der Waals surface area contributed by atoms with Crippen LogP contribution in [-0.4, -0.2) is 27.0 Å². The van der Waals surface area contributed by atoms with E-state index in [1.807, 2.05) is 0 Å². The first-order valence-corrected chi connectivity index (χ1v) is 6.95. The number of thiazole rings is 1. The molecule has 2 rings (SSSR count). The highest BCUT2D eigenvalue weighted by Gasteiger charge is 2.13. The van der Waals surface area contributed by atoms with Gasteiger partial charge in [0.15, 0.2) is 11.5 Å². The molecule has 0 fully saturated rings. The Balaban J connectivity index is 2.13. The molecular weight excluding hydrogens is 308 g/mol. The maximum atomic E-state index is 11.3. The lowest BCUT2D eigenvalue weighted by Gasteiger charge is -1.97. The highest BCUT2D eigenvalue weighted by atomic mass is 32.1. The molecule has 0 amide bonds. The van der Waals surface area contributed by atoms with Crippen molar-refractivity contribution in [2.45, 2.75) is 13.8 Å². The van der Waals surface area contributed by atoms with Crippen LogP contribution in [0.1, 0.15) is 27.9 Å². The zero-order valence-electron chi connectivity index (χ0n) is 11.7. The number of carbonyl (C=O) groups is 1. The third-order valence-corrected chi connectivity index (χ3v) is 3.85. The summed E-state index contributed by atoms with van der Waals surface area (Å²) >= 11 is 1.18. The van der Waals surface area contributed by atoms with Gasteiger partial charge in [0.1, 0.15) is 0 Å². The van der Waals surface area contributed by atoms with E-state index in [9.17, 15) is 20.0 Å². The van der Waals surface area contributed by atoms with Crippen molar-refractivity contribution in [3.63, 3.8) is 0 Å². The third-order valence-electron chi connectivity index (χ3n) is 2.69. The Kier molecular flexibility index (Phi) is 4.47. The van der Waals surface area contributed by atoms with Gasteiger partial charge < -0.3 is 5.11 Å².